The predicted molar refractivity (Wildman–Crippen MR) is 213 cm³/mol. The number of aliphatic hydroxyl groups is 3. The van der Waals surface area contributed by atoms with E-state index < -0.39 is 95.9 Å². The van der Waals surface area contributed by atoms with Gasteiger partial charge in [0.2, 0.25) is 0 Å². The summed E-state index contributed by atoms with van der Waals surface area (Å²) in [7, 11) is 0. The van der Waals surface area contributed by atoms with Gasteiger partial charge in [-0.15, -0.1) is 0 Å². The zero-order valence-electron chi connectivity index (χ0n) is 36.5. The maximum atomic E-state index is 12.8. The molecule has 14 nitrogen and oxygen atoms in total. The minimum Gasteiger partial charge on any atom is -0.459 e. The van der Waals surface area contributed by atoms with E-state index in [0.29, 0.717) is 50.5 Å². The molecule has 0 aromatic carbocycles. The van der Waals surface area contributed by atoms with E-state index in [1.54, 1.807) is 6.08 Å². The van der Waals surface area contributed by atoms with Crippen LogP contribution in [0.4, 0.5) is 0 Å². The third kappa shape index (κ3) is 12.3. The second-order valence-corrected chi connectivity index (χ2v) is 17.8. The molecule has 0 unspecified atom stereocenters. The maximum Gasteiger partial charge on any atom is 0.303 e. The first-order valence-electron chi connectivity index (χ1n) is 20.4. The summed E-state index contributed by atoms with van der Waals surface area (Å²) in [6.45, 7) is 20.1. The minimum atomic E-state index is -1.57. The molecule has 2 aliphatic carbocycles. The summed E-state index contributed by atoms with van der Waals surface area (Å²) in [5.74, 6) is -2.35. The van der Waals surface area contributed by atoms with Crippen molar-refractivity contribution in [3.63, 3.8) is 0 Å². The number of esters is 4. The number of ketones is 1. The van der Waals surface area contributed by atoms with Crippen LogP contribution < -0.4 is 0 Å². The summed E-state index contributed by atoms with van der Waals surface area (Å²) in [4.78, 5) is 61.7. The Morgan fingerprint density at radius 3 is 2.14 bits per heavy atom. The van der Waals surface area contributed by atoms with Crippen LogP contribution in [0.25, 0.3) is 0 Å². The summed E-state index contributed by atoms with van der Waals surface area (Å²) in [5, 5.41) is 31.1. The maximum absolute atomic E-state index is 12.8. The molecular formula is C44H68O14. The first kappa shape index (κ1) is 48.9. The standard InChI is InChI=1S/C44H68O14/c1-24(13-16-31(53-27(4)46)21-26(3)33(54-28(5)47)22-32-25(2)15-18-36(50)42(32,8)9)14-17-35-43(10,11)37(19-20-44(35,12)58-30(7)49)57-41-40(55-29(6)48)39(52)38(51)34(23-45)56-41/h13,15,21,31-35,37-41,45,51-52H,14,16-20,22-23H2,1-12H3/b24-13+,26-21+/t31-,32-,33+,34-,35+,37+,38+,39+,40-,41+,44+/m1/s1. The first-order chi connectivity index (χ1) is 26.8. The van der Waals surface area contributed by atoms with Crippen LogP contribution in [0.15, 0.2) is 34.9 Å². The van der Waals surface area contributed by atoms with Crippen LogP contribution >= 0.6 is 0 Å². The molecule has 1 saturated heterocycles. The Morgan fingerprint density at radius 1 is 0.931 bits per heavy atom. The van der Waals surface area contributed by atoms with Crippen molar-refractivity contribution in [2.45, 2.75) is 183 Å². The zero-order valence-corrected chi connectivity index (χ0v) is 36.5. The molecule has 3 rings (SSSR count). The van der Waals surface area contributed by atoms with Crippen molar-refractivity contribution >= 4 is 29.7 Å². The lowest BCUT2D eigenvalue weighted by Crippen LogP contribution is -2.63. The number of carbonyl (C=O) groups excluding carboxylic acids is 5. The molecule has 0 amide bonds. The van der Waals surface area contributed by atoms with E-state index in [2.05, 4.69) is 0 Å². The van der Waals surface area contributed by atoms with Gasteiger partial charge in [-0.05, 0) is 82.8 Å². The van der Waals surface area contributed by atoms with Gasteiger partial charge in [0, 0.05) is 51.9 Å². The predicted octanol–water partition coefficient (Wildman–Crippen LogP) is 5.38. The number of hydrogen-bond acceptors (Lipinski definition) is 14. The molecule has 1 saturated carbocycles. The van der Waals surface area contributed by atoms with E-state index in [-0.39, 0.29) is 17.6 Å². The molecule has 1 aliphatic heterocycles. The number of ether oxygens (including phenoxy) is 6. The van der Waals surface area contributed by atoms with Crippen LogP contribution in [-0.2, 0) is 52.4 Å². The van der Waals surface area contributed by atoms with E-state index in [0.717, 1.165) is 11.1 Å². The summed E-state index contributed by atoms with van der Waals surface area (Å²) < 4.78 is 35.2. The molecule has 0 aromatic rings. The van der Waals surface area contributed by atoms with Crippen molar-refractivity contribution in [1.82, 2.24) is 0 Å². The molecule has 0 spiro atoms. The highest BCUT2D eigenvalue weighted by molar-refractivity contribution is 5.87. The van der Waals surface area contributed by atoms with Gasteiger partial charge in [0.25, 0.3) is 0 Å². The van der Waals surface area contributed by atoms with Gasteiger partial charge in [-0.2, -0.15) is 0 Å². The second kappa shape index (κ2) is 20.2. The zero-order chi connectivity index (χ0) is 43.9. The van der Waals surface area contributed by atoms with Gasteiger partial charge in [0.05, 0.1) is 12.7 Å². The van der Waals surface area contributed by atoms with Crippen LogP contribution in [0.1, 0.15) is 128 Å². The van der Waals surface area contributed by atoms with Crippen LogP contribution in [0.3, 0.4) is 0 Å². The average Bonchev–Trinajstić information content (AvgIpc) is 3.10. The fourth-order valence-electron chi connectivity index (χ4n) is 9.19. The number of hydrogen-bond donors (Lipinski definition) is 3. The Hall–Kier alpha value is -3.43. The Morgan fingerprint density at radius 2 is 1.57 bits per heavy atom. The Balaban J connectivity index is 1.86. The fourth-order valence-corrected chi connectivity index (χ4v) is 9.19. The monoisotopic (exact) mass is 820 g/mol. The first-order valence-corrected chi connectivity index (χ1v) is 20.4. The van der Waals surface area contributed by atoms with E-state index in [1.165, 1.54) is 27.7 Å². The van der Waals surface area contributed by atoms with Crippen molar-refractivity contribution < 1.29 is 67.7 Å². The number of carbonyl (C=O) groups is 5. The number of Topliss-reactive ketones (excluding diaryl/α,β-unsaturated/α-hetero) is 1. The lowest BCUT2D eigenvalue weighted by Gasteiger charge is -2.54. The molecular weight excluding hydrogens is 752 g/mol. The summed E-state index contributed by atoms with van der Waals surface area (Å²) in [6.07, 6.45) is 0.0425. The van der Waals surface area contributed by atoms with E-state index in [9.17, 15) is 39.3 Å². The molecule has 328 valence electrons. The molecule has 11 atom stereocenters. The van der Waals surface area contributed by atoms with Crippen molar-refractivity contribution in [3.8, 4) is 0 Å². The summed E-state index contributed by atoms with van der Waals surface area (Å²) >= 11 is 0. The fraction of sp³-hybridized carbons (Fsp3) is 0.750. The topological polar surface area (TPSA) is 201 Å². The average molecular weight is 821 g/mol. The van der Waals surface area contributed by atoms with Gasteiger partial charge in [-0.25, -0.2) is 0 Å². The molecule has 3 N–H and O–H groups in total. The number of allylic oxidation sites excluding steroid dienone is 3. The SMILES string of the molecule is CC(=O)O[C@H]1[C@H](O[C@H]2CC[C@](C)(OC(C)=O)[C@@H](CC/C(C)=C/C[C@H](/C=C(\C)[C@H](C[C@@H]3C(C)=CCC(=O)C3(C)C)OC(C)=O)OC(C)=O)C2(C)C)O[C@H](CO)[C@H](O)[C@@H]1O. The van der Waals surface area contributed by atoms with Crippen LogP contribution in [0.5, 0.6) is 0 Å². The molecule has 0 radical (unpaired) electrons. The molecule has 2 fully saturated rings. The largest absolute Gasteiger partial charge is 0.459 e. The Labute approximate surface area is 343 Å². The lowest BCUT2D eigenvalue weighted by atomic mass is 9.58. The van der Waals surface area contributed by atoms with Gasteiger partial charge in [-0.1, -0.05) is 51.0 Å². The number of rotatable bonds is 16. The lowest BCUT2D eigenvalue weighted by molar-refractivity contribution is -0.329. The summed E-state index contributed by atoms with van der Waals surface area (Å²) in [6, 6.07) is 0. The molecule has 14 heteroatoms. The van der Waals surface area contributed by atoms with Crippen molar-refractivity contribution in [1.29, 1.82) is 0 Å². The third-order valence-electron chi connectivity index (χ3n) is 12.5. The minimum absolute atomic E-state index is 0.125. The second-order valence-electron chi connectivity index (χ2n) is 17.8. The van der Waals surface area contributed by atoms with Crippen LogP contribution in [0.2, 0.25) is 0 Å². The van der Waals surface area contributed by atoms with Crippen LogP contribution in [0, 0.1) is 22.7 Å². The van der Waals surface area contributed by atoms with Crippen molar-refractivity contribution in [3.05, 3.63) is 34.9 Å². The normalized spacial score (nSPS) is 32.3. The van der Waals surface area contributed by atoms with Gasteiger partial charge in [0.1, 0.15) is 41.9 Å². The van der Waals surface area contributed by atoms with E-state index >= 15 is 0 Å². The molecule has 58 heavy (non-hydrogen) atoms. The quantitative estimate of drug-likeness (QED) is 0.102. The highest BCUT2D eigenvalue weighted by atomic mass is 16.7. The molecule has 0 aromatic heterocycles. The highest BCUT2D eigenvalue weighted by Crippen LogP contribution is 2.52. The molecule has 1 heterocycles. The Kier molecular flexibility index (Phi) is 17.1. The number of aliphatic hydroxyl groups excluding tert-OH is 3. The van der Waals surface area contributed by atoms with Gasteiger partial charge < -0.3 is 43.7 Å². The van der Waals surface area contributed by atoms with Crippen molar-refractivity contribution in [2.24, 2.45) is 22.7 Å². The van der Waals surface area contributed by atoms with E-state index in [4.69, 9.17) is 28.4 Å². The van der Waals surface area contributed by atoms with Crippen molar-refractivity contribution in [2.75, 3.05) is 6.61 Å². The molecule has 0 bridgehead atoms. The van der Waals surface area contributed by atoms with E-state index in [1.807, 2.05) is 67.5 Å². The highest BCUT2D eigenvalue weighted by Gasteiger charge is 2.56. The van der Waals surface area contributed by atoms with Crippen LogP contribution in [-0.4, -0.2) is 106 Å². The molecule has 3 aliphatic rings. The Bertz CT molecular complexity index is 1590. The van der Waals surface area contributed by atoms with Gasteiger partial charge in [-0.3, -0.25) is 24.0 Å². The third-order valence-corrected chi connectivity index (χ3v) is 12.5. The van der Waals surface area contributed by atoms with Gasteiger partial charge in [0.15, 0.2) is 12.4 Å². The van der Waals surface area contributed by atoms with Gasteiger partial charge >= 0.3 is 23.9 Å². The summed E-state index contributed by atoms with van der Waals surface area (Å²) in [5.41, 5.74) is 0.558. The smallest absolute Gasteiger partial charge is 0.303 e.